The molecule has 2 fully saturated rings. The monoisotopic (exact) mass is 277 g/mol. The van der Waals surface area contributed by atoms with E-state index >= 15 is 0 Å². The summed E-state index contributed by atoms with van der Waals surface area (Å²) in [5, 5.41) is 8.62. The van der Waals surface area contributed by atoms with Crippen LogP contribution in [0.4, 0.5) is 0 Å². The van der Waals surface area contributed by atoms with Crippen LogP contribution >= 0.6 is 11.3 Å². The summed E-state index contributed by atoms with van der Waals surface area (Å²) in [7, 11) is 0. The molecule has 0 unspecified atom stereocenters. The van der Waals surface area contributed by atoms with Crippen LogP contribution in [-0.2, 0) is 11.3 Å². The van der Waals surface area contributed by atoms with E-state index in [1.54, 1.807) is 17.4 Å². The maximum atomic E-state index is 10.5. The molecule has 0 saturated heterocycles. The van der Waals surface area contributed by atoms with Crippen LogP contribution < -0.4 is 0 Å². The molecular weight excluding hydrogens is 258 g/mol. The third kappa shape index (κ3) is 3.91. The van der Waals surface area contributed by atoms with Gasteiger partial charge < -0.3 is 5.11 Å². The third-order valence-corrected chi connectivity index (χ3v) is 4.72. The summed E-state index contributed by atoms with van der Waals surface area (Å²) < 4.78 is 0. The van der Waals surface area contributed by atoms with Crippen LogP contribution in [0.1, 0.15) is 35.4 Å². The summed E-state index contributed by atoms with van der Waals surface area (Å²) in [6.45, 7) is 2.29. The van der Waals surface area contributed by atoms with Crippen molar-refractivity contribution in [3.8, 4) is 0 Å². The minimum absolute atomic E-state index is 0.806. The predicted molar refractivity (Wildman–Crippen MR) is 77.1 cm³/mol. The molecule has 102 valence electrons. The number of carboxylic acid groups (broad SMARTS) is 1. The molecule has 2 aliphatic rings. The zero-order valence-electron chi connectivity index (χ0n) is 10.9. The van der Waals surface area contributed by atoms with Gasteiger partial charge in [0.1, 0.15) is 0 Å². The number of aliphatic carboxylic acids is 1. The fourth-order valence-corrected chi connectivity index (χ4v) is 3.28. The van der Waals surface area contributed by atoms with Gasteiger partial charge in [0, 0.05) is 35.0 Å². The number of hydrogen-bond donors (Lipinski definition) is 1. The van der Waals surface area contributed by atoms with Gasteiger partial charge in [0.25, 0.3) is 0 Å². The van der Waals surface area contributed by atoms with E-state index in [0.29, 0.717) is 0 Å². The van der Waals surface area contributed by atoms with Gasteiger partial charge in [0.15, 0.2) is 0 Å². The lowest BCUT2D eigenvalue weighted by molar-refractivity contribution is -0.131. The summed E-state index contributed by atoms with van der Waals surface area (Å²) in [4.78, 5) is 15.5. The van der Waals surface area contributed by atoms with Crippen LogP contribution in [-0.4, -0.2) is 28.6 Å². The Morgan fingerprint density at radius 2 is 2.16 bits per heavy atom. The lowest BCUT2D eigenvalue weighted by Crippen LogP contribution is -2.27. The Balaban J connectivity index is 1.59. The maximum Gasteiger partial charge on any atom is 0.328 e. The van der Waals surface area contributed by atoms with Crippen molar-refractivity contribution in [2.24, 2.45) is 5.92 Å². The molecule has 1 aromatic heterocycles. The summed E-state index contributed by atoms with van der Waals surface area (Å²) in [6.07, 6.45) is 8.39. The molecule has 2 saturated carbocycles. The first kappa shape index (κ1) is 12.9. The van der Waals surface area contributed by atoms with E-state index in [9.17, 15) is 4.79 Å². The average molecular weight is 277 g/mol. The number of nitrogens with zero attached hydrogens (tertiary/aromatic N) is 1. The molecule has 1 heterocycles. The summed E-state index contributed by atoms with van der Waals surface area (Å²) in [5.41, 5.74) is 0. The molecule has 3 nitrogen and oxygen atoms in total. The fourth-order valence-electron chi connectivity index (χ4n) is 2.34. The number of hydrogen-bond acceptors (Lipinski definition) is 3. The van der Waals surface area contributed by atoms with Crippen molar-refractivity contribution >= 4 is 23.4 Å². The lowest BCUT2D eigenvalue weighted by atomic mass is 10.3. The normalized spacial score (nSPS) is 19.4. The third-order valence-electron chi connectivity index (χ3n) is 3.68. The van der Waals surface area contributed by atoms with Crippen LogP contribution in [0.3, 0.4) is 0 Å². The first-order valence-corrected chi connectivity index (χ1v) is 7.76. The van der Waals surface area contributed by atoms with Gasteiger partial charge in [-0.2, -0.15) is 0 Å². The van der Waals surface area contributed by atoms with Gasteiger partial charge in [-0.3, -0.25) is 4.90 Å². The van der Waals surface area contributed by atoms with Gasteiger partial charge >= 0.3 is 5.97 Å². The highest BCUT2D eigenvalue weighted by Gasteiger charge is 2.33. The van der Waals surface area contributed by atoms with Gasteiger partial charge in [-0.25, -0.2) is 4.79 Å². The van der Waals surface area contributed by atoms with E-state index in [2.05, 4.69) is 11.0 Å². The largest absolute Gasteiger partial charge is 0.478 e. The van der Waals surface area contributed by atoms with Crippen molar-refractivity contribution < 1.29 is 9.90 Å². The zero-order chi connectivity index (χ0) is 13.2. The molecule has 0 bridgehead atoms. The van der Waals surface area contributed by atoms with E-state index in [1.807, 2.05) is 6.07 Å². The smallest absolute Gasteiger partial charge is 0.328 e. The average Bonchev–Trinajstić information content (AvgIpc) is 3.26. The zero-order valence-corrected chi connectivity index (χ0v) is 11.7. The molecule has 0 aliphatic heterocycles. The molecule has 3 rings (SSSR count). The molecule has 0 atom stereocenters. The van der Waals surface area contributed by atoms with Crippen LogP contribution in [0.2, 0.25) is 0 Å². The van der Waals surface area contributed by atoms with Gasteiger partial charge in [-0.05, 0) is 49.8 Å². The number of carboxylic acids is 1. The SMILES string of the molecule is O=C(O)C=Cc1ccc(CN(CC2CC2)C2CC2)s1. The molecule has 0 aromatic carbocycles. The van der Waals surface area contributed by atoms with Gasteiger partial charge in [-0.15, -0.1) is 11.3 Å². The van der Waals surface area contributed by atoms with Crippen molar-refractivity contribution in [1.82, 2.24) is 4.90 Å². The Morgan fingerprint density at radius 3 is 2.79 bits per heavy atom. The Bertz CT molecular complexity index is 486. The van der Waals surface area contributed by atoms with E-state index in [0.717, 1.165) is 23.4 Å². The molecular formula is C15H19NO2S. The second-order valence-electron chi connectivity index (χ2n) is 5.58. The number of thiophene rings is 1. The van der Waals surface area contributed by atoms with E-state index in [1.165, 1.54) is 43.2 Å². The van der Waals surface area contributed by atoms with Gasteiger partial charge in [0.2, 0.25) is 0 Å². The van der Waals surface area contributed by atoms with Crippen molar-refractivity contribution in [2.75, 3.05) is 6.54 Å². The molecule has 1 aromatic rings. The Hall–Kier alpha value is -1.13. The highest BCUT2D eigenvalue weighted by atomic mass is 32.1. The first-order chi connectivity index (χ1) is 9.20. The van der Waals surface area contributed by atoms with Gasteiger partial charge in [0.05, 0.1) is 0 Å². The molecule has 2 aliphatic carbocycles. The van der Waals surface area contributed by atoms with Crippen molar-refractivity contribution in [1.29, 1.82) is 0 Å². The highest BCUT2D eigenvalue weighted by molar-refractivity contribution is 7.12. The van der Waals surface area contributed by atoms with Crippen molar-refractivity contribution in [2.45, 2.75) is 38.3 Å². The first-order valence-electron chi connectivity index (χ1n) is 6.94. The summed E-state index contributed by atoms with van der Waals surface area (Å²) in [6, 6.07) is 4.96. The minimum Gasteiger partial charge on any atom is -0.478 e. The predicted octanol–water partition coefficient (Wildman–Crippen LogP) is 3.22. The topological polar surface area (TPSA) is 40.5 Å². The fraction of sp³-hybridized carbons (Fsp3) is 0.533. The second-order valence-corrected chi connectivity index (χ2v) is 6.78. The molecule has 4 heteroatoms. The molecule has 1 N–H and O–H groups in total. The standard InChI is InChI=1S/C15H19NO2S/c17-15(18)8-7-13-5-6-14(19-13)10-16(12-3-4-12)9-11-1-2-11/h5-8,11-12H,1-4,9-10H2,(H,17,18). The van der Waals surface area contributed by atoms with Crippen LogP contribution in [0.5, 0.6) is 0 Å². The quantitative estimate of drug-likeness (QED) is 0.778. The van der Waals surface area contributed by atoms with Crippen molar-refractivity contribution in [3.05, 3.63) is 28.0 Å². The van der Waals surface area contributed by atoms with Crippen molar-refractivity contribution in [3.63, 3.8) is 0 Å². The number of rotatable bonds is 7. The van der Waals surface area contributed by atoms with E-state index in [4.69, 9.17) is 5.11 Å². The maximum absolute atomic E-state index is 10.5. The molecule has 0 radical (unpaired) electrons. The highest BCUT2D eigenvalue weighted by Crippen LogP contribution is 2.36. The Morgan fingerprint density at radius 1 is 1.37 bits per heavy atom. The van der Waals surface area contributed by atoms with Crippen LogP contribution in [0.25, 0.3) is 6.08 Å². The number of carbonyl (C=O) groups is 1. The summed E-state index contributed by atoms with van der Waals surface area (Å²) in [5.74, 6) is 0.0511. The molecule has 0 spiro atoms. The van der Waals surface area contributed by atoms with E-state index in [-0.39, 0.29) is 0 Å². The van der Waals surface area contributed by atoms with Crippen LogP contribution in [0.15, 0.2) is 18.2 Å². The van der Waals surface area contributed by atoms with E-state index < -0.39 is 5.97 Å². The lowest BCUT2D eigenvalue weighted by Gasteiger charge is -2.20. The molecule has 0 amide bonds. The summed E-state index contributed by atoms with van der Waals surface area (Å²) >= 11 is 1.70. The Kier molecular flexibility index (Phi) is 3.71. The second kappa shape index (κ2) is 5.47. The minimum atomic E-state index is -0.886. The molecule has 19 heavy (non-hydrogen) atoms. The Labute approximate surface area is 117 Å². The van der Waals surface area contributed by atoms with Gasteiger partial charge in [-0.1, -0.05) is 0 Å². The van der Waals surface area contributed by atoms with Crippen LogP contribution in [0, 0.1) is 5.92 Å².